The summed E-state index contributed by atoms with van der Waals surface area (Å²) in [6, 6.07) is 0. The van der Waals surface area contributed by atoms with Crippen molar-refractivity contribution in [3.05, 3.63) is 0 Å². The molecule has 1 fully saturated rings. The number of carbonyl (C=O) groups is 1. The largest absolute Gasteiger partial charge is 0.414 e. The summed E-state index contributed by atoms with van der Waals surface area (Å²) >= 11 is 1.31. The zero-order chi connectivity index (χ0) is 10.1. The van der Waals surface area contributed by atoms with Crippen molar-refractivity contribution in [3.63, 3.8) is 0 Å². The minimum atomic E-state index is -4.60. The van der Waals surface area contributed by atoms with Gasteiger partial charge in [-0.15, -0.1) is 0 Å². The Morgan fingerprint density at radius 1 is 1.62 bits per heavy atom. The fraction of sp³-hybridized carbons (Fsp3) is 0.857. The van der Waals surface area contributed by atoms with Gasteiger partial charge in [-0.1, -0.05) is 0 Å². The standard InChI is InChI=1S/C7H9F3O2S/c8-7(9,10)6(12)1-4-2-13-3-5(4)11/h4,6,12H,1-3H2. The molecule has 1 saturated heterocycles. The minimum absolute atomic E-state index is 0.187. The van der Waals surface area contributed by atoms with E-state index in [4.69, 9.17) is 5.11 Å². The van der Waals surface area contributed by atoms with E-state index >= 15 is 0 Å². The van der Waals surface area contributed by atoms with Crippen LogP contribution in [0, 0.1) is 5.92 Å². The first-order valence-corrected chi connectivity index (χ1v) is 4.92. The van der Waals surface area contributed by atoms with Crippen LogP contribution in [0.3, 0.4) is 0 Å². The van der Waals surface area contributed by atoms with Gasteiger partial charge in [0.15, 0.2) is 6.10 Å². The lowest BCUT2D eigenvalue weighted by atomic mass is 10.00. The van der Waals surface area contributed by atoms with Gasteiger partial charge in [0.2, 0.25) is 0 Å². The SMILES string of the molecule is O=C1CSCC1CC(O)C(F)(F)F. The number of ketones is 1. The van der Waals surface area contributed by atoms with Crippen LogP contribution in [0.25, 0.3) is 0 Å². The van der Waals surface area contributed by atoms with Gasteiger partial charge in [0, 0.05) is 11.7 Å². The van der Waals surface area contributed by atoms with Gasteiger partial charge in [0.1, 0.15) is 5.78 Å². The second-order valence-corrected chi connectivity index (χ2v) is 4.00. The fourth-order valence-corrected chi connectivity index (χ4v) is 2.28. The van der Waals surface area contributed by atoms with Gasteiger partial charge in [-0.05, 0) is 6.42 Å². The van der Waals surface area contributed by atoms with Crippen LogP contribution in [0.1, 0.15) is 6.42 Å². The molecular weight excluding hydrogens is 205 g/mol. The molecule has 1 rings (SSSR count). The lowest BCUT2D eigenvalue weighted by Gasteiger charge is -2.16. The molecule has 0 amide bonds. The molecule has 1 heterocycles. The first-order chi connectivity index (χ1) is 5.91. The summed E-state index contributed by atoms with van der Waals surface area (Å²) < 4.78 is 35.6. The quantitative estimate of drug-likeness (QED) is 0.751. The third kappa shape index (κ3) is 2.87. The molecule has 1 aliphatic rings. The van der Waals surface area contributed by atoms with Crippen molar-refractivity contribution < 1.29 is 23.1 Å². The first-order valence-electron chi connectivity index (χ1n) is 3.76. The molecule has 0 aromatic heterocycles. The number of rotatable bonds is 2. The maximum absolute atomic E-state index is 11.9. The second-order valence-electron chi connectivity index (χ2n) is 2.97. The zero-order valence-electron chi connectivity index (χ0n) is 6.67. The van der Waals surface area contributed by atoms with E-state index in [0.717, 1.165) is 0 Å². The summed E-state index contributed by atoms with van der Waals surface area (Å²) in [5, 5.41) is 8.68. The predicted molar refractivity (Wildman–Crippen MR) is 42.5 cm³/mol. The summed E-state index contributed by atoms with van der Waals surface area (Å²) in [6.07, 6.45) is -7.46. The number of thioether (sulfide) groups is 1. The molecular formula is C7H9F3O2S. The van der Waals surface area contributed by atoms with Crippen LogP contribution in [0.2, 0.25) is 0 Å². The van der Waals surface area contributed by atoms with E-state index in [2.05, 4.69) is 0 Å². The molecule has 2 nitrogen and oxygen atoms in total. The molecule has 1 N–H and O–H groups in total. The van der Waals surface area contributed by atoms with Crippen LogP contribution in [0.5, 0.6) is 0 Å². The van der Waals surface area contributed by atoms with Gasteiger partial charge in [0.25, 0.3) is 0 Å². The summed E-state index contributed by atoms with van der Waals surface area (Å²) in [5.41, 5.74) is 0. The topological polar surface area (TPSA) is 37.3 Å². The van der Waals surface area contributed by atoms with Crippen molar-refractivity contribution >= 4 is 17.5 Å². The minimum Gasteiger partial charge on any atom is -0.384 e. The normalized spacial score (nSPS) is 26.5. The maximum Gasteiger partial charge on any atom is 0.414 e. The van der Waals surface area contributed by atoms with Crippen molar-refractivity contribution in [1.29, 1.82) is 0 Å². The van der Waals surface area contributed by atoms with Gasteiger partial charge < -0.3 is 5.11 Å². The number of alkyl halides is 3. The number of aliphatic hydroxyl groups is 1. The van der Waals surface area contributed by atoms with Crippen molar-refractivity contribution in [1.82, 2.24) is 0 Å². The van der Waals surface area contributed by atoms with Crippen LogP contribution in [-0.4, -0.2) is 34.7 Å². The molecule has 0 bridgehead atoms. The van der Waals surface area contributed by atoms with Crippen molar-refractivity contribution in [2.45, 2.75) is 18.7 Å². The van der Waals surface area contributed by atoms with Crippen molar-refractivity contribution in [3.8, 4) is 0 Å². The average molecular weight is 214 g/mol. The number of hydrogen-bond acceptors (Lipinski definition) is 3. The highest BCUT2D eigenvalue weighted by atomic mass is 32.2. The third-order valence-electron chi connectivity index (χ3n) is 1.90. The molecule has 2 atom stereocenters. The Kier molecular flexibility index (Phi) is 3.23. The van der Waals surface area contributed by atoms with Crippen LogP contribution in [-0.2, 0) is 4.79 Å². The summed E-state index contributed by atoms with van der Waals surface area (Å²) in [4.78, 5) is 10.9. The highest BCUT2D eigenvalue weighted by molar-refractivity contribution is 8.00. The van der Waals surface area contributed by atoms with E-state index in [-0.39, 0.29) is 11.5 Å². The van der Waals surface area contributed by atoms with E-state index in [1.54, 1.807) is 0 Å². The van der Waals surface area contributed by atoms with Crippen LogP contribution >= 0.6 is 11.8 Å². The molecule has 0 aromatic rings. The molecule has 1 aliphatic heterocycles. The highest BCUT2D eigenvalue weighted by Gasteiger charge is 2.41. The molecule has 6 heteroatoms. The first kappa shape index (κ1) is 10.8. The Labute approximate surface area is 77.5 Å². The van der Waals surface area contributed by atoms with E-state index in [9.17, 15) is 18.0 Å². The maximum atomic E-state index is 11.9. The monoisotopic (exact) mass is 214 g/mol. The van der Waals surface area contributed by atoms with Gasteiger partial charge in [-0.2, -0.15) is 24.9 Å². The van der Waals surface area contributed by atoms with Crippen LogP contribution in [0.15, 0.2) is 0 Å². The summed E-state index contributed by atoms with van der Waals surface area (Å²) in [5.74, 6) is -0.142. The van der Waals surface area contributed by atoms with Crippen molar-refractivity contribution in [2.75, 3.05) is 11.5 Å². The molecule has 0 saturated carbocycles. The van der Waals surface area contributed by atoms with Gasteiger partial charge in [-0.3, -0.25) is 4.79 Å². The molecule has 0 radical (unpaired) electrons. The van der Waals surface area contributed by atoms with Crippen LogP contribution in [0.4, 0.5) is 13.2 Å². The number of aliphatic hydroxyl groups excluding tert-OH is 1. The molecule has 0 aliphatic carbocycles. The molecule has 76 valence electrons. The van der Waals surface area contributed by atoms with Crippen molar-refractivity contribution in [2.24, 2.45) is 5.92 Å². The summed E-state index contributed by atoms with van der Waals surface area (Å²) in [7, 11) is 0. The fourth-order valence-electron chi connectivity index (χ4n) is 1.12. The van der Waals surface area contributed by atoms with Gasteiger partial charge >= 0.3 is 6.18 Å². The number of hydrogen-bond donors (Lipinski definition) is 1. The summed E-state index contributed by atoms with van der Waals surface area (Å²) in [6.45, 7) is 0. The number of Topliss-reactive ketones (excluding diaryl/α,β-unsaturated/α-hetero) is 1. The number of carbonyl (C=O) groups excluding carboxylic acids is 1. The molecule has 13 heavy (non-hydrogen) atoms. The van der Waals surface area contributed by atoms with E-state index in [1.165, 1.54) is 11.8 Å². The van der Waals surface area contributed by atoms with E-state index in [0.29, 0.717) is 5.75 Å². The van der Waals surface area contributed by atoms with Crippen LogP contribution < -0.4 is 0 Å². The number of halogens is 3. The Morgan fingerprint density at radius 3 is 2.62 bits per heavy atom. The molecule has 2 unspecified atom stereocenters. The average Bonchev–Trinajstić information content (AvgIpc) is 2.34. The smallest absolute Gasteiger partial charge is 0.384 e. The Bertz CT molecular complexity index is 204. The predicted octanol–water partition coefficient (Wildman–Crippen LogP) is 1.23. The highest BCUT2D eigenvalue weighted by Crippen LogP contribution is 2.30. The molecule has 0 aromatic carbocycles. The van der Waals surface area contributed by atoms with Gasteiger partial charge in [-0.25, -0.2) is 0 Å². The van der Waals surface area contributed by atoms with E-state index in [1.807, 2.05) is 0 Å². The lowest BCUT2D eigenvalue weighted by Crippen LogP contribution is -2.32. The Morgan fingerprint density at radius 2 is 2.23 bits per heavy atom. The zero-order valence-corrected chi connectivity index (χ0v) is 7.49. The molecule has 0 spiro atoms. The third-order valence-corrected chi connectivity index (χ3v) is 3.03. The Balaban J connectivity index is 2.44. The van der Waals surface area contributed by atoms with E-state index < -0.39 is 24.6 Å². The Hall–Kier alpha value is -0.230. The lowest BCUT2D eigenvalue weighted by molar-refractivity contribution is -0.207. The van der Waals surface area contributed by atoms with Gasteiger partial charge in [0.05, 0.1) is 5.75 Å². The second kappa shape index (κ2) is 3.88.